The summed E-state index contributed by atoms with van der Waals surface area (Å²) < 4.78 is 40.0. The fourth-order valence-electron chi connectivity index (χ4n) is 2.94. The summed E-state index contributed by atoms with van der Waals surface area (Å²) in [5.41, 5.74) is 2.84. The standard InChI is InChI=1S/C15H15F3N2OS/c16-15(17,18)10-3-1-2-4-11(10)20-14(21)9-5-6-12-13(7-9)22-8-19-12/h5-8,10-11H,1-4H2,(H,20,21)/t10-,11+/m1/s1. The van der Waals surface area contributed by atoms with E-state index in [2.05, 4.69) is 10.3 Å². The van der Waals surface area contributed by atoms with Crippen LogP contribution in [0.25, 0.3) is 10.2 Å². The van der Waals surface area contributed by atoms with Gasteiger partial charge in [-0.1, -0.05) is 12.8 Å². The van der Waals surface area contributed by atoms with Gasteiger partial charge in [0.05, 0.1) is 21.6 Å². The van der Waals surface area contributed by atoms with Gasteiger partial charge < -0.3 is 5.32 Å². The first-order valence-corrected chi connectivity index (χ1v) is 8.04. The van der Waals surface area contributed by atoms with Crippen LogP contribution >= 0.6 is 11.3 Å². The van der Waals surface area contributed by atoms with Crippen LogP contribution in [0, 0.1) is 5.92 Å². The molecular formula is C15H15F3N2OS. The number of benzene rings is 1. The van der Waals surface area contributed by atoms with Crippen molar-refractivity contribution in [2.75, 3.05) is 0 Å². The van der Waals surface area contributed by atoms with E-state index in [9.17, 15) is 18.0 Å². The molecule has 0 bridgehead atoms. The number of hydrogen-bond acceptors (Lipinski definition) is 3. The second kappa shape index (κ2) is 5.87. The third-order valence-corrected chi connectivity index (χ3v) is 4.89. The molecule has 0 unspecified atom stereocenters. The molecule has 3 nitrogen and oxygen atoms in total. The number of fused-ring (bicyclic) bond motifs is 1. The van der Waals surface area contributed by atoms with Gasteiger partial charge in [0.2, 0.25) is 0 Å². The Balaban J connectivity index is 1.77. The van der Waals surface area contributed by atoms with Crippen molar-refractivity contribution in [3.63, 3.8) is 0 Å². The second-order valence-electron chi connectivity index (χ2n) is 5.55. The zero-order valence-corrected chi connectivity index (χ0v) is 12.5. The van der Waals surface area contributed by atoms with E-state index < -0.39 is 24.0 Å². The summed E-state index contributed by atoms with van der Waals surface area (Å²) in [6.07, 6.45) is -2.53. The fraction of sp³-hybridized carbons (Fsp3) is 0.467. The Labute approximate surface area is 129 Å². The number of rotatable bonds is 2. The molecule has 0 spiro atoms. The molecule has 1 fully saturated rings. The van der Waals surface area contributed by atoms with Crippen molar-refractivity contribution >= 4 is 27.5 Å². The molecule has 1 aromatic heterocycles. The minimum atomic E-state index is -4.26. The highest BCUT2D eigenvalue weighted by atomic mass is 32.1. The van der Waals surface area contributed by atoms with E-state index in [1.165, 1.54) is 11.3 Å². The molecule has 1 heterocycles. The number of halogens is 3. The second-order valence-corrected chi connectivity index (χ2v) is 6.43. The van der Waals surface area contributed by atoms with Gasteiger partial charge in [0.15, 0.2) is 0 Å². The molecule has 1 aliphatic carbocycles. The highest BCUT2D eigenvalue weighted by Gasteiger charge is 2.45. The predicted molar refractivity (Wildman–Crippen MR) is 78.9 cm³/mol. The van der Waals surface area contributed by atoms with Crippen molar-refractivity contribution in [1.29, 1.82) is 0 Å². The van der Waals surface area contributed by atoms with E-state index in [4.69, 9.17) is 0 Å². The van der Waals surface area contributed by atoms with E-state index in [1.54, 1.807) is 23.7 Å². The number of nitrogens with one attached hydrogen (secondary N) is 1. The summed E-state index contributed by atoms with van der Waals surface area (Å²) >= 11 is 1.40. The van der Waals surface area contributed by atoms with Gasteiger partial charge in [-0.05, 0) is 31.0 Å². The summed E-state index contributed by atoms with van der Waals surface area (Å²) in [7, 11) is 0. The molecular weight excluding hydrogens is 313 g/mol. The van der Waals surface area contributed by atoms with Gasteiger partial charge in [0.25, 0.3) is 5.91 Å². The molecule has 0 saturated heterocycles. The average Bonchev–Trinajstić information content (AvgIpc) is 2.94. The maximum Gasteiger partial charge on any atom is 0.393 e. The molecule has 0 aliphatic heterocycles. The Bertz CT molecular complexity index is 683. The third kappa shape index (κ3) is 3.09. The molecule has 1 saturated carbocycles. The zero-order valence-electron chi connectivity index (χ0n) is 11.7. The summed E-state index contributed by atoms with van der Waals surface area (Å²) in [5, 5.41) is 2.57. The number of amides is 1. The number of alkyl halides is 3. The molecule has 0 radical (unpaired) electrons. The highest BCUT2D eigenvalue weighted by molar-refractivity contribution is 7.16. The minimum absolute atomic E-state index is 0.0856. The summed E-state index contributed by atoms with van der Waals surface area (Å²) in [6, 6.07) is 4.15. The van der Waals surface area contributed by atoms with E-state index >= 15 is 0 Å². The lowest BCUT2D eigenvalue weighted by molar-refractivity contribution is -0.187. The number of thiazole rings is 1. The lowest BCUT2D eigenvalue weighted by Crippen LogP contribution is -2.47. The molecule has 1 N–H and O–H groups in total. The van der Waals surface area contributed by atoms with Crippen LogP contribution in [0.4, 0.5) is 13.2 Å². The Morgan fingerprint density at radius 3 is 2.82 bits per heavy atom. The maximum atomic E-state index is 13.1. The first-order valence-electron chi connectivity index (χ1n) is 7.16. The Morgan fingerprint density at radius 2 is 2.05 bits per heavy atom. The van der Waals surface area contributed by atoms with E-state index in [-0.39, 0.29) is 6.42 Å². The molecule has 2 atom stereocenters. The third-order valence-electron chi connectivity index (χ3n) is 4.10. The monoisotopic (exact) mass is 328 g/mol. The SMILES string of the molecule is O=C(N[C@H]1CCCC[C@H]1C(F)(F)F)c1ccc2ncsc2c1. The lowest BCUT2D eigenvalue weighted by atomic mass is 9.84. The largest absolute Gasteiger partial charge is 0.393 e. The van der Waals surface area contributed by atoms with Gasteiger partial charge in [0.1, 0.15) is 0 Å². The molecule has 1 aromatic carbocycles. The van der Waals surface area contributed by atoms with Gasteiger partial charge in [-0.3, -0.25) is 4.79 Å². The van der Waals surface area contributed by atoms with Crippen molar-refractivity contribution in [3.05, 3.63) is 29.3 Å². The molecule has 118 valence electrons. The Morgan fingerprint density at radius 1 is 1.27 bits per heavy atom. The lowest BCUT2D eigenvalue weighted by Gasteiger charge is -2.33. The van der Waals surface area contributed by atoms with Crippen LogP contribution in [0.1, 0.15) is 36.0 Å². The quantitative estimate of drug-likeness (QED) is 0.900. The van der Waals surface area contributed by atoms with Crippen LogP contribution in [0.3, 0.4) is 0 Å². The van der Waals surface area contributed by atoms with Crippen LogP contribution in [-0.4, -0.2) is 23.1 Å². The smallest absolute Gasteiger partial charge is 0.349 e. The normalized spacial score (nSPS) is 22.7. The van der Waals surface area contributed by atoms with Gasteiger partial charge in [-0.15, -0.1) is 11.3 Å². The van der Waals surface area contributed by atoms with Crippen molar-refractivity contribution < 1.29 is 18.0 Å². The fourth-order valence-corrected chi connectivity index (χ4v) is 3.66. The Kier molecular flexibility index (Phi) is 4.08. The van der Waals surface area contributed by atoms with Crippen molar-refractivity contribution in [3.8, 4) is 0 Å². The zero-order chi connectivity index (χ0) is 15.7. The average molecular weight is 328 g/mol. The summed E-state index contributed by atoms with van der Waals surface area (Å²) in [5.74, 6) is -1.89. The number of aromatic nitrogens is 1. The van der Waals surface area contributed by atoms with Crippen LogP contribution in [0.5, 0.6) is 0 Å². The predicted octanol–water partition coefficient (Wildman–Crippen LogP) is 4.15. The van der Waals surface area contributed by atoms with Crippen LogP contribution in [0.2, 0.25) is 0 Å². The minimum Gasteiger partial charge on any atom is -0.349 e. The van der Waals surface area contributed by atoms with E-state index in [1.807, 2.05) is 0 Å². The van der Waals surface area contributed by atoms with Crippen molar-refractivity contribution in [1.82, 2.24) is 10.3 Å². The van der Waals surface area contributed by atoms with Crippen molar-refractivity contribution in [2.45, 2.75) is 37.9 Å². The number of carbonyl (C=O) groups excluding carboxylic acids is 1. The van der Waals surface area contributed by atoms with Gasteiger partial charge in [-0.25, -0.2) is 4.98 Å². The number of nitrogens with zero attached hydrogens (tertiary/aromatic N) is 1. The number of carbonyl (C=O) groups is 1. The van der Waals surface area contributed by atoms with Crippen molar-refractivity contribution in [2.24, 2.45) is 5.92 Å². The molecule has 1 amide bonds. The molecule has 1 aliphatic rings. The Hall–Kier alpha value is -1.63. The van der Waals surface area contributed by atoms with E-state index in [0.29, 0.717) is 24.8 Å². The summed E-state index contributed by atoms with van der Waals surface area (Å²) in [4.78, 5) is 16.4. The number of hydrogen-bond donors (Lipinski definition) is 1. The van der Waals surface area contributed by atoms with Gasteiger partial charge >= 0.3 is 6.18 Å². The molecule has 3 rings (SSSR count). The highest BCUT2D eigenvalue weighted by Crippen LogP contribution is 2.37. The van der Waals surface area contributed by atoms with Gasteiger partial charge in [0, 0.05) is 11.6 Å². The van der Waals surface area contributed by atoms with Gasteiger partial charge in [-0.2, -0.15) is 13.2 Å². The topological polar surface area (TPSA) is 42.0 Å². The van der Waals surface area contributed by atoms with E-state index in [0.717, 1.165) is 10.2 Å². The first kappa shape index (κ1) is 15.3. The molecule has 7 heteroatoms. The van der Waals surface area contributed by atoms with Crippen LogP contribution in [-0.2, 0) is 0 Å². The van der Waals surface area contributed by atoms with Crippen LogP contribution in [0.15, 0.2) is 23.7 Å². The summed E-state index contributed by atoms with van der Waals surface area (Å²) in [6.45, 7) is 0. The first-order chi connectivity index (χ1) is 10.4. The van der Waals surface area contributed by atoms with Crippen LogP contribution < -0.4 is 5.32 Å². The maximum absolute atomic E-state index is 13.1. The molecule has 22 heavy (non-hydrogen) atoms. The molecule has 2 aromatic rings.